The predicted octanol–water partition coefficient (Wildman–Crippen LogP) is 2.35. The van der Waals surface area contributed by atoms with Crippen LogP contribution in [0, 0.1) is 5.82 Å². The van der Waals surface area contributed by atoms with Gasteiger partial charge in [0, 0.05) is 30.6 Å². The molecule has 1 fully saturated rings. The quantitative estimate of drug-likeness (QED) is 0.556. The van der Waals surface area contributed by atoms with Crippen molar-refractivity contribution in [2.45, 2.75) is 31.6 Å². The highest BCUT2D eigenvalue weighted by Gasteiger charge is 2.45. The van der Waals surface area contributed by atoms with Gasteiger partial charge in [-0.15, -0.1) is 0 Å². The number of amides is 2. The van der Waals surface area contributed by atoms with Crippen LogP contribution in [0.15, 0.2) is 24.5 Å². The molecule has 2 unspecified atom stereocenters. The number of hydrogen-bond acceptors (Lipinski definition) is 7. The number of halogens is 3. The van der Waals surface area contributed by atoms with E-state index in [0.717, 1.165) is 12.1 Å². The molecule has 2 atom stereocenters. The number of alkyl halides is 2. The summed E-state index contributed by atoms with van der Waals surface area (Å²) in [7, 11) is 1.67. The Hall–Kier alpha value is -4.03. The zero-order chi connectivity index (χ0) is 24.1. The molecular weight excluding hydrogens is 457 g/mol. The molecule has 3 aromatic rings. The van der Waals surface area contributed by atoms with E-state index >= 15 is 0 Å². The number of nitrogen functional groups attached to an aromatic ring is 1. The summed E-state index contributed by atoms with van der Waals surface area (Å²) >= 11 is 0. The molecule has 0 bridgehead atoms. The standard InChI is InChI=1S/C21H19F3N6O4/c1-29-17-10(7-27-29)12(8-26-18(17)25)28-19(31)20(32)30-4-2-3-13-16(30)9-5-11(22)15(34-21(23)24)6-14(9)33-13/h5-8,13,16,21H,2-4H2,1H3,(H2,25,26)(H,28,31). The maximum atomic E-state index is 14.4. The van der Waals surface area contributed by atoms with Gasteiger partial charge in [-0.3, -0.25) is 14.3 Å². The van der Waals surface area contributed by atoms with Crippen LogP contribution in [-0.2, 0) is 16.6 Å². The van der Waals surface area contributed by atoms with Gasteiger partial charge < -0.3 is 25.4 Å². The smallest absolute Gasteiger partial charge is 0.387 e. The van der Waals surface area contributed by atoms with E-state index < -0.39 is 42.1 Å². The second-order valence-electron chi connectivity index (χ2n) is 7.98. The Balaban J connectivity index is 1.42. The summed E-state index contributed by atoms with van der Waals surface area (Å²) in [5, 5.41) is 7.16. The van der Waals surface area contributed by atoms with Crippen LogP contribution in [0.1, 0.15) is 24.4 Å². The highest BCUT2D eigenvalue weighted by atomic mass is 19.3. The summed E-state index contributed by atoms with van der Waals surface area (Å²) in [5.41, 5.74) is 6.92. The number of ether oxygens (including phenoxy) is 2. The van der Waals surface area contributed by atoms with Crippen LogP contribution in [0.25, 0.3) is 10.9 Å². The number of nitrogens with one attached hydrogen (secondary N) is 1. The number of fused-ring (bicyclic) bond motifs is 4. The molecular formula is C21H19F3N6O4. The molecule has 0 saturated carbocycles. The van der Waals surface area contributed by atoms with E-state index in [9.17, 15) is 22.8 Å². The van der Waals surface area contributed by atoms with Crippen LogP contribution in [-0.4, -0.2) is 50.7 Å². The van der Waals surface area contributed by atoms with Gasteiger partial charge in [0.25, 0.3) is 0 Å². The zero-order valence-corrected chi connectivity index (χ0v) is 17.8. The monoisotopic (exact) mass is 476 g/mol. The second kappa shape index (κ2) is 8.08. The lowest BCUT2D eigenvalue weighted by molar-refractivity contribution is -0.147. The van der Waals surface area contributed by atoms with Crippen LogP contribution in [0.2, 0.25) is 0 Å². The number of anilines is 2. The number of hydrogen-bond donors (Lipinski definition) is 2. The molecule has 13 heteroatoms. The number of nitrogens with two attached hydrogens (primary N) is 1. The number of carbonyl (C=O) groups excluding carboxylic acids is 2. The van der Waals surface area contributed by atoms with Crippen LogP contribution in [0.3, 0.4) is 0 Å². The van der Waals surface area contributed by atoms with E-state index in [4.69, 9.17) is 10.5 Å². The van der Waals surface area contributed by atoms with Crippen LogP contribution in [0.4, 0.5) is 24.7 Å². The van der Waals surface area contributed by atoms with Gasteiger partial charge in [0.05, 0.1) is 24.1 Å². The Morgan fingerprint density at radius 2 is 2.12 bits per heavy atom. The van der Waals surface area contributed by atoms with Crippen molar-refractivity contribution >= 4 is 34.2 Å². The summed E-state index contributed by atoms with van der Waals surface area (Å²) in [6, 6.07) is 1.29. The molecule has 5 rings (SSSR count). The lowest BCUT2D eigenvalue weighted by atomic mass is 9.94. The number of pyridine rings is 1. The van der Waals surface area contributed by atoms with Crippen LogP contribution < -0.4 is 20.5 Å². The number of aromatic nitrogens is 3. The molecule has 10 nitrogen and oxygen atoms in total. The first kappa shape index (κ1) is 21.8. The van der Waals surface area contributed by atoms with E-state index in [0.29, 0.717) is 23.7 Å². The molecule has 2 amide bonds. The molecule has 1 aromatic carbocycles. The predicted molar refractivity (Wildman–Crippen MR) is 113 cm³/mol. The number of carbonyl (C=O) groups is 2. The third-order valence-electron chi connectivity index (χ3n) is 5.96. The summed E-state index contributed by atoms with van der Waals surface area (Å²) in [4.78, 5) is 31.4. The summed E-state index contributed by atoms with van der Waals surface area (Å²) in [6.07, 6.45) is 3.35. The van der Waals surface area contributed by atoms with E-state index in [1.165, 1.54) is 22.0 Å². The Morgan fingerprint density at radius 3 is 2.88 bits per heavy atom. The second-order valence-corrected chi connectivity index (χ2v) is 7.98. The Morgan fingerprint density at radius 1 is 1.32 bits per heavy atom. The SMILES string of the molecule is Cn1ncc2c(NC(=O)C(=O)N3CCCC4Oc5cc(OC(F)F)c(F)cc5C43)cnc(N)c21. The molecule has 178 valence electrons. The minimum atomic E-state index is -3.20. The first-order valence-electron chi connectivity index (χ1n) is 10.4. The van der Waals surface area contributed by atoms with Crippen molar-refractivity contribution in [1.29, 1.82) is 0 Å². The molecule has 1 saturated heterocycles. The van der Waals surface area contributed by atoms with Crippen molar-refractivity contribution in [3.8, 4) is 11.5 Å². The fraction of sp³-hybridized carbons (Fsp3) is 0.333. The molecule has 3 N–H and O–H groups in total. The fourth-order valence-electron chi connectivity index (χ4n) is 4.52. The number of benzene rings is 1. The number of rotatable bonds is 3. The Bertz CT molecular complexity index is 1310. The summed E-state index contributed by atoms with van der Waals surface area (Å²) < 4.78 is 51.0. The first-order valence-corrected chi connectivity index (χ1v) is 10.4. The molecule has 2 aliphatic heterocycles. The van der Waals surface area contributed by atoms with Crippen molar-refractivity contribution in [2.24, 2.45) is 7.05 Å². The van der Waals surface area contributed by atoms with Crippen molar-refractivity contribution in [3.63, 3.8) is 0 Å². The van der Waals surface area contributed by atoms with Crippen LogP contribution in [0.5, 0.6) is 11.5 Å². The first-order chi connectivity index (χ1) is 16.2. The van der Waals surface area contributed by atoms with Gasteiger partial charge in [-0.2, -0.15) is 13.9 Å². The molecule has 0 aliphatic carbocycles. The van der Waals surface area contributed by atoms with E-state index in [2.05, 4.69) is 20.1 Å². The van der Waals surface area contributed by atoms with E-state index in [-0.39, 0.29) is 29.4 Å². The van der Waals surface area contributed by atoms with Crippen molar-refractivity contribution < 1.29 is 32.2 Å². The lowest BCUT2D eigenvalue weighted by Gasteiger charge is -2.36. The van der Waals surface area contributed by atoms with Gasteiger partial charge in [0.1, 0.15) is 23.2 Å². The highest BCUT2D eigenvalue weighted by molar-refractivity contribution is 6.40. The maximum absolute atomic E-state index is 14.4. The minimum absolute atomic E-state index is 0.131. The molecule has 4 heterocycles. The average Bonchev–Trinajstić information content (AvgIpc) is 3.36. The van der Waals surface area contributed by atoms with Gasteiger partial charge in [0.15, 0.2) is 11.6 Å². The Labute approximate surface area is 190 Å². The Kier molecular flexibility index (Phi) is 5.18. The third-order valence-corrected chi connectivity index (χ3v) is 5.96. The van der Waals surface area contributed by atoms with Gasteiger partial charge in [-0.25, -0.2) is 9.37 Å². The summed E-state index contributed by atoms with van der Waals surface area (Å²) in [5.74, 6) is -3.10. The lowest BCUT2D eigenvalue weighted by Crippen LogP contribution is -2.48. The summed E-state index contributed by atoms with van der Waals surface area (Å²) in [6.45, 7) is -2.97. The fourth-order valence-corrected chi connectivity index (χ4v) is 4.52. The molecule has 0 radical (unpaired) electrons. The topological polar surface area (TPSA) is 125 Å². The maximum Gasteiger partial charge on any atom is 0.387 e. The third kappa shape index (κ3) is 3.53. The van der Waals surface area contributed by atoms with Gasteiger partial charge in [-0.1, -0.05) is 0 Å². The number of nitrogens with zero attached hydrogens (tertiary/aromatic N) is 4. The van der Waals surface area contributed by atoms with Gasteiger partial charge in [0.2, 0.25) is 0 Å². The van der Waals surface area contributed by atoms with Crippen molar-refractivity contribution in [1.82, 2.24) is 19.7 Å². The number of likely N-dealkylation sites (tertiary alicyclic amines) is 1. The largest absolute Gasteiger partial charge is 0.487 e. The normalized spacial score (nSPS) is 19.0. The minimum Gasteiger partial charge on any atom is -0.487 e. The van der Waals surface area contributed by atoms with Gasteiger partial charge in [-0.05, 0) is 18.9 Å². The molecule has 34 heavy (non-hydrogen) atoms. The average molecular weight is 476 g/mol. The molecule has 2 aliphatic rings. The van der Waals surface area contributed by atoms with Crippen molar-refractivity contribution in [2.75, 3.05) is 17.6 Å². The van der Waals surface area contributed by atoms with Gasteiger partial charge >= 0.3 is 18.4 Å². The molecule has 0 spiro atoms. The highest BCUT2D eigenvalue weighted by Crippen LogP contribution is 2.46. The number of aryl methyl sites for hydroxylation is 1. The molecule has 2 aromatic heterocycles. The van der Waals surface area contributed by atoms with E-state index in [1.54, 1.807) is 7.05 Å². The van der Waals surface area contributed by atoms with E-state index in [1.807, 2.05) is 0 Å². The zero-order valence-electron chi connectivity index (χ0n) is 17.8. The van der Waals surface area contributed by atoms with Crippen LogP contribution >= 0.6 is 0 Å². The van der Waals surface area contributed by atoms with Crippen molar-refractivity contribution in [3.05, 3.63) is 35.9 Å². The number of piperidine rings is 1.